The molecule has 0 aliphatic carbocycles. The van der Waals surface area contributed by atoms with Crippen molar-refractivity contribution in [1.82, 2.24) is 9.80 Å². The molecule has 8 nitrogen and oxygen atoms in total. The van der Waals surface area contributed by atoms with Crippen LogP contribution in [0.4, 0.5) is 10.5 Å². The molecule has 28 heavy (non-hydrogen) atoms. The molecule has 0 unspecified atom stereocenters. The van der Waals surface area contributed by atoms with Crippen LogP contribution in [-0.4, -0.2) is 72.7 Å². The van der Waals surface area contributed by atoms with Gasteiger partial charge in [-0.1, -0.05) is 18.2 Å². The van der Waals surface area contributed by atoms with Gasteiger partial charge in [-0.05, 0) is 25.5 Å². The number of anilines is 1. The van der Waals surface area contributed by atoms with Crippen molar-refractivity contribution in [3.05, 3.63) is 29.8 Å². The summed E-state index contributed by atoms with van der Waals surface area (Å²) < 4.78 is 10.6. The number of benzene rings is 1. The highest BCUT2D eigenvalue weighted by Crippen LogP contribution is 2.51. The van der Waals surface area contributed by atoms with Crippen LogP contribution in [0.2, 0.25) is 0 Å². The van der Waals surface area contributed by atoms with Crippen LogP contribution in [0.1, 0.15) is 25.3 Å². The van der Waals surface area contributed by atoms with E-state index in [1.54, 1.807) is 23.6 Å². The number of carbonyl (C=O) groups excluding carboxylic acids is 3. The monoisotopic (exact) mass is 387 g/mol. The van der Waals surface area contributed by atoms with Gasteiger partial charge in [0.2, 0.25) is 0 Å². The van der Waals surface area contributed by atoms with E-state index in [2.05, 4.69) is 5.32 Å². The molecule has 0 spiro atoms. The molecule has 3 aliphatic rings. The fraction of sp³-hybridized carbons (Fsp3) is 0.550. The SMILES string of the molecule is CCOC(=O)[C@H]1CN(C(=O)N2CCOCC2)[C@]2(C)C(=O)Nc3ccccc3[C@H]12. The van der Waals surface area contributed by atoms with Gasteiger partial charge in [0.25, 0.3) is 5.91 Å². The number of morpholine rings is 1. The van der Waals surface area contributed by atoms with Crippen molar-refractivity contribution in [2.75, 3.05) is 44.8 Å². The summed E-state index contributed by atoms with van der Waals surface area (Å²) in [6.07, 6.45) is 0. The number of nitrogens with one attached hydrogen (secondary N) is 1. The van der Waals surface area contributed by atoms with Gasteiger partial charge in [-0.15, -0.1) is 0 Å². The highest BCUT2D eigenvalue weighted by molar-refractivity contribution is 6.05. The molecule has 1 aromatic carbocycles. The van der Waals surface area contributed by atoms with E-state index in [-0.39, 0.29) is 31.1 Å². The summed E-state index contributed by atoms with van der Waals surface area (Å²) in [7, 11) is 0. The standard InChI is InChI=1S/C20H25N3O5/c1-3-28-17(24)14-12-23(19(26)22-8-10-27-11-9-22)20(2)16(14)13-6-4-5-7-15(13)21-18(20)25/h4-7,14,16H,3,8-12H2,1-2H3,(H,21,25)/t14-,16+,20-/m0/s1. The van der Waals surface area contributed by atoms with E-state index in [9.17, 15) is 14.4 Å². The number of nitrogens with zero attached hydrogens (tertiary/aromatic N) is 2. The van der Waals surface area contributed by atoms with Crippen molar-refractivity contribution in [2.45, 2.75) is 25.3 Å². The maximum absolute atomic E-state index is 13.3. The molecule has 0 saturated carbocycles. The first-order valence-electron chi connectivity index (χ1n) is 9.69. The van der Waals surface area contributed by atoms with Crippen molar-refractivity contribution in [1.29, 1.82) is 0 Å². The smallest absolute Gasteiger partial charge is 0.321 e. The number of hydrogen-bond acceptors (Lipinski definition) is 5. The van der Waals surface area contributed by atoms with E-state index >= 15 is 0 Å². The molecule has 3 amide bonds. The van der Waals surface area contributed by atoms with Gasteiger partial charge >= 0.3 is 12.0 Å². The van der Waals surface area contributed by atoms with E-state index in [1.165, 1.54) is 0 Å². The molecule has 3 aliphatic heterocycles. The van der Waals surface area contributed by atoms with Crippen LogP contribution in [-0.2, 0) is 19.1 Å². The zero-order valence-electron chi connectivity index (χ0n) is 16.1. The van der Waals surface area contributed by atoms with Gasteiger partial charge in [-0.25, -0.2) is 4.79 Å². The number of urea groups is 1. The Bertz CT molecular complexity index is 807. The first-order chi connectivity index (χ1) is 13.5. The van der Waals surface area contributed by atoms with Crippen LogP contribution in [0, 0.1) is 5.92 Å². The molecule has 3 heterocycles. The van der Waals surface area contributed by atoms with E-state index in [1.807, 2.05) is 24.3 Å². The average Bonchev–Trinajstić information content (AvgIpc) is 3.03. The number of carbonyl (C=O) groups is 3. The molecular weight excluding hydrogens is 362 g/mol. The fourth-order valence-corrected chi connectivity index (χ4v) is 4.63. The quantitative estimate of drug-likeness (QED) is 0.776. The Balaban J connectivity index is 1.77. The van der Waals surface area contributed by atoms with Gasteiger partial charge in [0.05, 0.1) is 25.7 Å². The second kappa shape index (κ2) is 7.09. The lowest BCUT2D eigenvalue weighted by atomic mass is 9.73. The lowest BCUT2D eigenvalue weighted by Gasteiger charge is -2.43. The van der Waals surface area contributed by atoms with E-state index in [0.717, 1.165) is 5.56 Å². The third-order valence-corrected chi connectivity index (χ3v) is 6.05. The fourth-order valence-electron chi connectivity index (χ4n) is 4.63. The largest absolute Gasteiger partial charge is 0.466 e. The summed E-state index contributed by atoms with van der Waals surface area (Å²) in [6, 6.07) is 7.21. The number of fused-ring (bicyclic) bond motifs is 3. The third kappa shape index (κ3) is 2.74. The number of hydrogen-bond donors (Lipinski definition) is 1. The summed E-state index contributed by atoms with van der Waals surface area (Å²) >= 11 is 0. The topological polar surface area (TPSA) is 88.2 Å². The van der Waals surface area contributed by atoms with Crippen molar-refractivity contribution < 1.29 is 23.9 Å². The molecule has 150 valence electrons. The van der Waals surface area contributed by atoms with Gasteiger partial charge in [0.1, 0.15) is 5.54 Å². The maximum Gasteiger partial charge on any atom is 0.321 e. The second-order valence-corrected chi connectivity index (χ2v) is 7.52. The molecule has 2 saturated heterocycles. The first kappa shape index (κ1) is 18.7. The molecule has 0 bridgehead atoms. The summed E-state index contributed by atoms with van der Waals surface area (Å²) in [6.45, 7) is 5.79. The molecule has 4 rings (SSSR count). The molecule has 0 radical (unpaired) electrons. The van der Waals surface area contributed by atoms with Gasteiger partial charge < -0.3 is 24.6 Å². The van der Waals surface area contributed by atoms with Gasteiger partial charge in [-0.3, -0.25) is 9.59 Å². The normalized spacial score (nSPS) is 29.0. The van der Waals surface area contributed by atoms with E-state index in [4.69, 9.17) is 9.47 Å². The van der Waals surface area contributed by atoms with Gasteiger partial charge in [0.15, 0.2) is 0 Å². The Hall–Kier alpha value is -2.61. The minimum Gasteiger partial charge on any atom is -0.466 e. The Morgan fingerprint density at radius 2 is 2.00 bits per heavy atom. The molecule has 3 atom stereocenters. The summed E-state index contributed by atoms with van der Waals surface area (Å²) in [5, 5.41) is 2.92. The van der Waals surface area contributed by atoms with Crippen LogP contribution in [0.3, 0.4) is 0 Å². The Kier molecular flexibility index (Phi) is 4.74. The average molecular weight is 387 g/mol. The number of likely N-dealkylation sites (tertiary alicyclic amines) is 1. The lowest BCUT2D eigenvalue weighted by molar-refractivity contribution is -0.148. The number of rotatable bonds is 2. The van der Waals surface area contributed by atoms with Crippen LogP contribution >= 0.6 is 0 Å². The molecular formula is C20H25N3O5. The van der Waals surface area contributed by atoms with E-state index < -0.39 is 17.4 Å². The van der Waals surface area contributed by atoms with Crippen LogP contribution in [0.25, 0.3) is 0 Å². The molecule has 1 N–H and O–H groups in total. The Morgan fingerprint density at radius 1 is 1.29 bits per heavy atom. The third-order valence-electron chi connectivity index (χ3n) is 6.05. The zero-order chi connectivity index (χ0) is 19.9. The number of ether oxygens (including phenoxy) is 2. The Labute approximate surface area is 163 Å². The molecule has 0 aromatic heterocycles. The predicted molar refractivity (Wildman–Crippen MR) is 101 cm³/mol. The van der Waals surface area contributed by atoms with Crippen molar-refractivity contribution in [2.24, 2.45) is 5.92 Å². The van der Waals surface area contributed by atoms with Crippen LogP contribution < -0.4 is 5.32 Å². The summed E-state index contributed by atoms with van der Waals surface area (Å²) in [5.74, 6) is -1.70. The summed E-state index contributed by atoms with van der Waals surface area (Å²) in [4.78, 5) is 42.5. The first-order valence-corrected chi connectivity index (χ1v) is 9.69. The highest BCUT2D eigenvalue weighted by atomic mass is 16.5. The van der Waals surface area contributed by atoms with Gasteiger partial charge in [-0.2, -0.15) is 0 Å². The Morgan fingerprint density at radius 3 is 2.71 bits per heavy atom. The maximum atomic E-state index is 13.3. The van der Waals surface area contributed by atoms with Crippen LogP contribution in [0.5, 0.6) is 0 Å². The van der Waals surface area contributed by atoms with Crippen molar-refractivity contribution in [3.8, 4) is 0 Å². The lowest BCUT2D eigenvalue weighted by Crippen LogP contribution is -2.61. The van der Waals surface area contributed by atoms with Crippen LogP contribution in [0.15, 0.2) is 24.3 Å². The molecule has 1 aromatic rings. The zero-order valence-corrected chi connectivity index (χ0v) is 16.1. The van der Waals surface area contributed by atoms with Crippen molar-refractivity contribution in [3.63, 3.8) is 0 Å². The van der Waals surface area contributed by atoms with Crippen molar-refractivity contribution >= 4 is 23.6 Å². The second-order valence-electron chi connectivity index (χ2n) is 7.52. The molecule has 8 heteroatoms. The number of para-hydroxylation sites is 1. The van der Waals surface area contributed by atoms with Gasteiger partial charge in [0, 0.05) is 31.2 Å². The number of amides is 3. The minimum absolute atomic E-state index is 0.151. The summed E-state index contributed by atoms with van der Waals surface area (Å²) in [5.41, 5.74) is 0.381. The predicted octanol–water partition coefficient (Wildman–Crippen LogP) is 1.43. The molecule has 2 fully saturated rings. The number of esters is 1. The minimum atomic E-state index is -1.17. The van der Waals surface area contributed by atoms with E-state index in [0.29, 0.717) is 32.0 Å². The highest BCUT2D eigenvalue weighted by Gasteiger charge is 2.62.